The molecular formula is C13H19N3O2. The molecule has 5 heteroatoms. The maximum absolute atomic E-state index is 12.5. The van der Waals surface area contributed by atoms with Gasteiger partial charge in [0.05, 0.1) is 5.69 Å². The van der Waals surface area contributed by atoms with Crippen molar-refractivity contribution in [1.82, 2.24) is 15.4 Å². The van der Waals surface area contributed by atoms with E-state index in [9.17, 15) is 4.79 Å². The number of rotatable bonds is 1. The molecule has 5 nitrogen and oxygen atoms in total. The van der Waals surface area contributed by atoms with Gasteiger partial charge in [-0.25, -0.2) is 0 Å². The fourth-order valence-corrected chi connectivity index (χ4v) is 3.36. The molecule has 0 bridgehead atoms. The van der Waals surface area contributed by atoms with E-state index in [0.29, 0.717) is 17.6 Å². The average molecular weight is 249 g/mol. The van der Waals surface area contributed by atoms with Gasteiger partial charge in [-0.15, -0.1) is 0 Å². The first-order chi connectivity index (χ1) is 8.50. The molecule has 1 N–H and O–H groups in total. The van der Waals surface area contributed by atoms with Crippen LogP contribution in [0, 0.1) is 18.8 Å². The molecule has 2 saturated heterocycles. The Morgan fingerprint density at radius 1 is 1.56 bits per heavy atom. The van der Waals surface area contributed by atoms with E-state index in [1.165, 1.54) is 0 Å². The molecule has 0 radical (unpaired) electrons. The normalized spacial score (nSPS) is 29.6. The van der Waals surface area contributed by atoms with Gasteiger partial charge in [0.2, 0.25) is 5.76 Å². The van der Waals surface area contributed by atoms with E-state index in [1.807, 2.05) is 11.8 Å². The SMILES string of the molecule is Cc1cc(C(=O)N2CC3CNCC3C2(C)C)on1. The van der Waals surface area contributed by atoms with Gasteiger partial charge in [-0.05, 0) is 32.6 Å². The lowest BCUT2D eigenvalue weighted by Gasteiger charge is -2.34. The van der Waals surface area contributed by atoms with Gasteiger partial charge in [-0.3, -0.25) is 4.79 Å². The number of nitrogens with one attached hydrogen (secondary N) is 1. The summed E-state index contributed by atoms with van der Waals surface area (Å²) in [6.07, 6.45) is 0. The van der Waals surface area contributed by atoms with Crippen molar-refractivity contribution in [3.05, 3.63) is 17.5 Å². The molecule has 1 aromatic rings. The molecule has 98 valence electrons. The van der Waals surface area contributed by atoms with E-state index in [0.717, 1.165) is 25.3 Å². The Kier molecular flexibility index (Phi) is 2.48. The largest absolute Gasteiger partial charge is 0.351 e. The van der Waals surface area contributed by atoms with Gasteiger partial charge >= 0.3 is 0 Å². The van der Waals surface area contributed by atoms with Crippen molar-refractivity contribution in [3.8, 4) is 0 Å². The molecule has 2 atom stereocenters. The Bertz CT molecular complexity index is 480. The fraction of sp³-hybridized carbons (Fsp3) is 0.692. The van der Waals surface area contributed by atoms with Crippen LogP contribution in [0.2, 0.25) is 0 Å². The Morgan fingerprint density at radius 3 is 2.94 bits per heavy atom. The molecule has 1 aromatic heterocycles. The van der Waals surface area contributed by atoms with E-state index in [4.69, 9.17) is 4.52 Å². The molecule has 3 rings (SSSR count). The number of aryl methyl sites for hydroxylation is 1. The van der Waals surface area contributed by atoms with Crippen molar-refractivity contribution in [1.29, 1.82) is 0 Å². The maximum atomic E-state index is 12.5. The molecule has 2 fully saturated rings. The first kappa shape index (κ1) is 11.7. The molecule has 3 heterocycles. The third-order valence-corrected chi connectivity index (χ3v) is 4.44. The number of fused-ring (bicyclic) bond motifs is 1. The number of carbonyl (C=O) groups excluding carboxylic acids is 1. The smallest absolute Gasteiger partial charge is 0.292 e. The fourth-order valence-electron chi connectivity index (χ4n) is 3.36. The summed E-state index contributed by atoms with van der Waals surface area (Å²) < 4.78 is 5.10. The summed E-state index contributed by atoms with van der Waals surface area (Å²) in [4.78, 5) is 14.4. The van der Waals surface area contributed by atoms with E-state index in [1.54, 1.807) is 6.07 Å². The van der Waals surface area contributed by atoms with E-state index in [2.05, 4.69) is 24.3 Å². The van der Waals surface area contributed by atoms with Crippen LogP contribution in [0.25, 0.3) is 0 Å². The highest BCUT2D eigenvalue weighted by atomic mass is 16.5. The van der Waals surface area contributed by atoms with Crippen molar-refractivity contribution >= 4 is 5.91 Å². The van der Waals surface area contributed by atoms with Gasteiger partial charge in [-0.1, -0.05) is 5.16 Å². The lowest BCUT2D eigenvalue weighted by atomic mass is 9.85. The summed E-state index contributed by atoms with van der Waals surface area (Å²) in [5.41, 5.74) is 0.628. The second kappa shape index (κ2) is 3.82. The summed E-state index contributed by atoms with van der Waals surface area (Å²) in [7, 11) is 0. The van der Waals surface area contributed by atoms with Crippen molar-refractivity contribution in [3.63, 3.8) is 0 Å². The zero-order chi connectivity index (χ0) is 12.9. The molecule has 1 amide bonds. The molecule has 0 spiro atoms. The number of aromatic nitrogens is 1. The maximum Gasteiger partial charge on any atom is 0.292 e. The van der Waals surface area contributed by atoms with Crippen LogP contribution in [0.15, 0.2) is 10.6 Å². The molecule has 0 saturated carbocycles. The molecule has 0 aliphatic carbocycles. The predicted octanol–water partition coefficient (Wildman–Crippen LogP) is 1.05. The van der Waals surface area contributed by atoms with E-state index < -0.39 is 0 Å². The third kappa shape index (κ3) is 1.57. The second-order valence-corrected chi connectivity index (χ2v) is 5.93. The highest BCUT2D eigenvalue weighted by Crippen LogP contribution is 2.41. The van der Waals surface area contributed by atoms with Gasteiger partial charge < -0.3 is 14.7 Å². The number of amides is 1. The zero-order valence-corrected chi connectivity index (χ0v) is 11.1. The molecular weight excluding hydrogens is 230 g/mol. The van der Waals surface area contributed by atoms with Crippen LogP contribution >= 0.6 is 0 Å². The summed E-state index contributed by atoms with van der Waals surface area (Å²) >= 11 is 0. The highest BCUT2D eigenvalue weighted by molar-refractivity contribution is 5.92. The van der Waals surface area contributed by atoms with Crippen molar-refractivity contribution in [2.45, 2.75) is 26.3 Å². The van der Waals surface area contributed by atoms with Gasteiger partial charge in [0.15, 0.2) is 0 Å². The van der Waals surface area contributed by atoms with Gasteiger partial charge in [-0.2, -0.15) is 0 Å². The summed E-state index contributed by atoms with van der Waals surface area (Å²) in [6.45, 7) is 8.93. The quantitative estimate of drug-likeness (QED) is 0.808. The van der Waals surface area contributed by atoms with Crippen LogP contribution in [0.5, 0.6) is 0 Å². The number of likely N-dealkylation sites (tertiary alicyclic amines) is 1. The molecule has 2 aliphatic rings. The van der Waals surface area contributed by atoms with Crippen LogP contribution in [0.1, 0.15) is 30.1 Å². The second-order valence-electron chi connectivity index (χ2n) is 5.93. The minimum atomic E-state index is -0.119. The van der Waals surface area contributed by atoms with Crippen LogP contribution < -0.4 is 5.32 Å². The lowest BCUT2D eigenvalue weighted by Crippen LogP contribution is -2.47. The Labute approximate surface area is 107 Å². The average Bonchev–Trinajstić information content (AvgIpc) is 2.96. The van der Waals surface area contributed by atoms with Gasteiger partial charge in [0.25, 0.3) is 5.91 Å². The molecule has 2 unspecified atom stereocenters. The van der Waals surface area contributed by atoms with Crippen LogP contribution in [0.4, 0.5) is 0 Å². The molecule has 0 aromatic carbocycles. The van der Waals surface area contributed by atoms with Crippen LogP contribution in [-0.4, -0.2) is 41.1 Å². The Hall–Kier alpha value is -1.36. The number of carbonyl (C=O) groups is 1. The van der Waals surface area contributed by atoms with Crippen LogP contribution in [0.3, 0.4) is 0 Å². The number of nitrogens with zero attached hydrogens (tertiary/aromatic N) is 2. The lowest BCUT2D eigenvalue weighted by molar-refractivity contribution is 0.0561. The minimum Gasteiger partial charge on any atom is -0.351 e. The van der Waals surface area contributed by atoms with Crippen molar-refractivity contribution in [2.75, 3.05) is 19.6 Å². The first-order valence-electron chi connectivity index (χ1n) is 6.46. The Balaban J connectivity index is 1.87. The zero-order valence-electron chi connectivity index (χ0n) is 11.1. The minimum absolute atomic E-state index is 0.0324. The Morgan fingerprint density at radius 2 is 2.33 bits per heavy atom. The number of hydrogen-bond acceptors (Lipinski definition) is 4. The van der Waals surface area contributed by atoms with Crippen molar-refractivity contribution in [2.24, 2.45) is 11.8 Å². The molecule has 2 aliphatic heterocycles. The van der Waals surface area contributed by atoms with E-state index >= 15 is 0 Å². The topological polar surface area (TPSA) is 58.4 Å². The summed E-state index contributed by atoms with van der Waals surface area (Å²) in [5.74, 6) is 1.42. The van der Waals surface area contributed by atoms with Gasteiger partial charge in [0, 0.05) is 31.2 Å². The van der Waals surface area contributed by atoms with E-state index in [-0.39, 0.29) is 11.4 Å². The highest BCUT2D eigenvalue weighted by Gasteiger charge is 2.51. The van der Waals surface area contributed by atoms with Crippen molar-refractivity contribution < 1.29 is 9.32 Å². The van der Waals surface area contributed by atoms with Crippen LogP contribution in [-0.2, 0) is 0 Å². The number of hydrogen-bond donors (Lipinski definition) is 1. The summed E-state index contributed by atoms with van der Waals surface area (Å²) in [5, 5.41) is 7.20. The monoisotopic (exact) mass is 249 g/mol. The third-order valence-electron chi connectivity index (χ3n) is 4.44. The first-order valence-corrected chi connectivity index (χ1v) is 6.46. The standard InChI is InChI=1S/C13H19N3O2/c1-8-4-11(18-15-8)12(17)16-7-9-5-14-6-10(9)13(16,2)3/h4,9-10,14H,5-7H2,1-3H3. The predicted molar refractivity (Wildman–Crippen MR) is 66.2 cm³/mol. The summed E-state index contributed by atoms with van der Waals surface area (Å²) in [6, 6.07) is 1.71. The van der Waals surface area contributed by atoms with Gasteiger partial charge in [0.1, 0.15) is 0 Å². The molecule has 18 heavy (non-hydrogen) atoms.